The minimum Gasteiger partial charge on any atom is -0.461 e. The van der Waals surface area contributed by atoms with Crippen LogP contribution in [0.5, 0.6) is 0 Å². The summed E-state index contributed by atoms with van der Waals surface area (Å²) in [6.45, 7) is 2.12. The highest BCUT2D eigenvalue weighted by Crippen LogP contribution is 2.21. The van der Waals surface area contributed by atoms with Crippen LogP contribution in [0.25, 0.3) is 10.7 Å². The highest BCUT2D eigenvalue weighted by atomic mass is 32.1. The number of pyridine rings is 1. The van der Waals surface area contributed by atoms with Gasteiger partial charge in [0.05, 0.1) is 12.3 Å². The van der Waals surface area contributed by atoms with Gasteiger partial charge in [-0.05, 0) is 19.1 Å². The molecule has 0 spiro atoms. The summed E-state index contributed by atoms with van der Waals surface area (Å²) in [5.74, 6) is -0.388. The number of ether oxygens (including phenoxy) is 1. The first-order chi connectivity index (χ1) is 7.81. The van der Waals surface area contributed by atoms with Crippen LogP contribution in [0.1, 0.15) is 17.4 Å². The average molecular weight is 234 g/mol. The van der Waals surface area contributed by atoms with E-state index in [2.05, 4.69) is 9.97 Å². The molecule has 0 aliphatic rings. The molecule has 4 nitrogen and oxygen atoms in total. The molecule has 0 unspecified atom stereocenters. The third kappa shape index (κ3) is 2.25. The smallest absolute Gasteiger partial charge is 0.357 e. The van der Waals surface area contributed by atoms with E-state index in [0.29, 0.717) is 12.3 Å². The quantitative estimate of drug-likeness (QED) is 0.765. The highest BCUT2D eigenvalue weighted by molar-refractivity contribution is 7.13. The van der Waals surface area contributed by atoms with Crippen molar-refractivity contribution in [1.29, 1.82) is 0 Å². The molecule has 0 aromatic carbocycles. The zero-order valence-electron chi connectivity index (χ0n) is 8.71. The molecule has 0 bridgehead atoms. The van der Waals surface area contributed by atoms with Crippen LogP contribution >= 0.6 is 11.3 Å². The van der Waals surface area contributed by atoms with Crippen LogP contribution in [0.3, 0.4) is 0 Å². The van der Waals surface area contributed by atoms with Gasteiger partial charge in [0.1, 0.15) is 5.01 Å². The summed E-state index contributed by atoms with van der Waals surface area (Å²) >= 11 is 1.38. The zero-order valence-corrected chi connectivity index (χ0v) is 9.53. The number of hydrogen-bond donors (Lipinski definition) is 0. The molecule has 0 aliphatic heterocycles. The Labute approximate surface area is 96.9 Å². The van der Waals surface area contributed by atoms with Gasteiger partial charge < -0.3 is 4.74 Å². The van der Waals surface area contributed by atoms with Crippen molar-refractivity contribution < 1.29 is 9.53 Å². The topological polar surface area (TPSA) is 52.1 Å². The van der Waals surface area contributed by atoms with Crippen LogP contribution in [0, 0.1) is 0 Å². The van der Waals surface area contributed by atoms with Crippen molar-refractivity contribution >= 4 is 17.3 Å². The molecule has 0 fully saturated rings. The fourth-order valence-electron chi connectivity index (χ4n) is 1.18. The van der Waals surface area contributed by atoms with E-state index in [1.807, 2.05) is 18.2 Å². The van der Waals surface area contributed by atoms with Crippen LogP contribution in [-0.2, 0) is 4.74 Å². The van der Waals surface area contributed by atoms with Gasteiger partial charge >= 0.3 is 5.97 Å². The average Bonchev–Trinajstić information content (AvgIpc) is 2.80. The van der Waals surface area contributed by atoms with Crippen LogP contribution in [-0.4, -0.2) is 22.5 Å². The van der Waals surface area contributed by atoms with E-state index in [1.165, 1.54) is 11.3 Å². The van der Waals surface area contributed by atoms with Gasteiger partial charge in [0.15, 0.2) is 5.69 Å². The summed E-state index contributed by atoms with van der Waals surface area (Å²) in [4.78, 5) is 19.7. The Morgan fingerprint density at radius 1 is 1.50 bits per heavy atom. The molecule has 0 saturated heterocycles. The van der Waals surface area contributed by atoms with Crippen LogP contribution < -0.4 is 0 Å². The molecule has 5 heteroatoms. The zero-order chi connectivity index (χ0) is 11.4. The second-order valence-electron chi connectivity index (χ2n) is 2.97. The Bertz CT molecular complexity index is 482. The van der Waals surface area contributed by atoms with Crippen LogP contribution in [0.4, 0.5) is 0 Å². The number of rotatable bonds is 3. The molecule has 16 heavy (non-hydrogen) atoms. The number of nitrogens with zero attached hydrogens (tertiary/aromatic N) is 2. The second-order valence-corrected chi connectivity index (χ2v) is 3.83. The van der Waals surface area contributed by atoms with E-state index in [9.17, 15) is 4.79 Å². The van der Waals surface area contributed by atoms with E-state index >= 15 is 0 Å². The van der Waals surface area contributed by atoms with Gasteiger partial charge in [-0.3, -0.25) is 4.98 Å². The van der Waals surface area contributed by atoms with Gasteiger partial charge in [0.25, 0.3) is 0 Å². The Kier molecular flexibility index (Phi) is 3.26. The Hall–Kier alpha value is -1.75. The monoisotopic (exact) mass is 234 g/mol. The summed E-state index contributed by atoms with van der Waals surface area (Å²) < 4.78 is 4.86. The van der Waals surface area contributed by atoms with Crippen LogP contribution in [0.15, 0.2) is 29.8 Å². The van der Waals surface area contributed by atoms with E-state index < -0.39 is 0 Å². The summed E-state index contributed by atoms with van der Waals surface area (Å²) in [7, 11) is 0. The SMILES string of the molecule is CCOC(=O)c1csc(-c2ccccn2)n1. The molecule has 2 heterocycles. The van der Waals surface area contributed by atoms with Gasteiger partial charge in [-0.2, -0.15) is 0 Å². The molecule has 0 saturated carbocycles. The Balaban J connectivity index is 2.23. The normalized spacial score (nSPS) is 10.1. The largest absolute Gasteiger partial charge is 0.461 e. The second kappa shape index (κ2) is 4.85. The maximum Gasteiger partial charge on any atom is 0.357 e. The third-order valence-electron chi connectivity index (χ3n) is 1.87. The predicted molar refractivity (Wildman–Crippen MR) is 61.3 cm³/mol. The Morgan fingerprint density at radius 2 is 2.38 bits per heavy atom. The van der Waals surface area contributed by atoms with E-state index in [-0.39, 0.29) is 5.97 Å². The standard InChI is InChI=1S/C11H10N2O2S/c1-2-15-11(14)9-7-16-10(13-9)8-5-3-4-6-12-8/h3-7H,2H2,1H3. The van der Waals surface area contributed by atoms with Crippen molar-refractivity contribution in [2.75, 3.05) is 6.61 Å². The lowest BCUT2D eigenvalue weighted by Crippen LogP contribution is -2.04. The number of hydrogen-bond acceptors (Lipinski definition) is 5. The highest BCUT2D eigenvalue weighted by Gasteiger charge is 2.12. The number of carbonyl (C=O) groups is 1. The number of esters is 1. The minimum atomic E-state index is -0.388. The van der Waals surface area contributed by atoms with Crippen molar-refractivity contribution in [2.24, 2.45) is 0 Å². The van der Waals surface area contributed by atoms with Crippen molar-refractivity contribution in [1.82, 2.24) is 9.97 Å². The molecule has 2 aromatic rings. The molecule has 82 valence electrons. The first-order valence-corrected chi connectivity index (χ1v) is 5.73. The first kappa shape index (κ1) is 10.8. The summed E-state index contributed by atoms with van der Waals surface area (Å²) in [5.41, 5.74) is 1.11. The lowest BCUT2D eigenvalue weighted by atomic mass is 10.4. The molecule has 0 amide bonds. The van der Waals surface area contributed by atoms with Gasteiger partial charge in [-0.1, -0.05) is 6.07 Å². The van der Waals surface area contributed by atoms with Crippen molar-refractivity contribution in [3.8, 4) is 10.7 Å². The van der Waals surface area contributed by atoms with Crippen molar-refractivity contribution in [3.63, 3.8) is 0 Å². The maximum absolute atomic E-state index is 11.4. The maximum atomic E-state index is 11.4. The third-order valence-corrected chi connectivity index (χ3v) is 2.74. The fraction of sp³-hybridized carbons (Fsp3) is 0.182. The van der Waals surface area contributed by atoms with E-state index in [0.717, 1.165) is 10.7 Å². The van der Waals surface area contributed by atoms with E-state index in [4.69, 9.17) is 4.74 Å². The van der Waals surface area contributed by atoms with Gasteiger partial charge in [0.2, 0.25) is 0 Å². The lowest BCUT2D eigenvalue weighted by Gasteiger charge is -1.96. The Morgan fingerprint density at radius 3 is 3.06 bits per heavy atom. The fourth-order valence-corrected chi connectivity index (χ4v) is 1.94. The molecule has 2 aromatic heterocycles. The summed E-state index contributed by atoms with van der Waals surface area (Å²) in [6, 6.07) is 5.57. The molecule has 0 aliphatic carbocycles. The summed E-state index contributed by atoms with van der Waals surface area (Å²) in [5, 5.41) is 2.41. The minimum absolute atomic E-state index is 0.340. The van der Waals surface area contributed by atoms with Gasteiger partial charge in [0, 0.05) is 11.6 Å². The van der Waals surface area contributed by atoms with Crippen molar-refractivity contribution in [2.45, 2.75) is 6.92 Å². The van der Waals surface area contributed by atoms with Gasteiger partial charge in [-0.25, -0.2) is 9.78 Å². The van der Waals surface area contributed by atoms with E-state index in [1.54, 1.807) is 18.5 Å². The molecule has 0 atom stereocenters. The first-order valence-electron chi connectivity index (χ1n) is 4.85. The predicted octanol–water partition coefficient (Wildman–Crippen LogP) is 2.38. The molecule has 0 radical (unpaired) electrons. The van der Waals surface area contributed by atoms with Gasteiger partial charge in [-0.15, -0.1) is 11.3 Å². The van der Waals surface area contributed by atoms with Crippen LogP contribution in [0.2, 0.25) is 0 Å². The van der Waals surface area contributed by atoms with Crippen molar-refractivity contribution in [3.05, 3.63) is 35.5 Å². The molecular formula is C11H10N2O2S. The number of carbonyl (C=O) groups excluding carboxylic acids is 1. The lowest BCUT2D eigenvalue weighted by molar-refractivity contribution is 0.0520. The summed E-state index contributed by atoms with van der Waals surface area (Å²) in [6.07, 6.45) is 1.70. The molecule has 2 rings (SSSR count). The number of thiazole rings is 1. The molecular weight excluding hydrogens is 224 g/mol. The molecule has 0 N–H and O–H groups in total. The number of aromatic nitrogens is 2.